The van der Waals surface area contributed by atoms with E-state index in [1.165, 1.54) is 0 Å². The van der Waals surface area contributed by atoms with Gasteiger partial charge in [0.2, 0.25) is 0 Å². The normalized spacial score (nSPS) is 20.4. The second-order valence-corrected chi connectivity index (χ2v) is 12.4. The summed E-state index contributed by atoms with van der Waals surface area (Å²) in [6.07, 6.45) is 2.10. The van der Waals surface area contributed by atoms with E-state index in [4.69, 9.17) is 9.47 Å². The lowest BCUT2D eigenvalue weighted by atomic mass is 9.65. The van der Waals surface area contributed by atoms with Gasteiger partial charge in [-0.3, -0.25) is 14.4 Å². The van der Waals surface area contributed by atoms with Crippen LogP contribution in [0.15, 0.2) is 71.2 Å². The van der Waals surface area contributed by atoms with Crippen LogP contribution in [0.2, 0.25) is 0 Å². The molecular weight excluding hydrogens is 478 g/mol. The van der Waals surface area contributed by atoms with E-state index < -0.39 is 5.92 Å². The lowest BCUT2D eigenvalue weighted by Gasteiger charge is -2.42. The van der Waals surface area contributed by atoms with Crippen molar-refractivity contribution >= 4 is 23.2 Å². The summed E-state index contributed by atoms with van der Waals surface area (Å²) in [5.74, 6) is 1.16. The van der Waals surface area contributed by atoms with E-state index in [0.717, 1.165) is 11.1 Å². The largest absolute Gasteiger partial charge is 0.484 e. The van der Waals surface area contributed by atoms with Crippen molar-refractivity contribution in [2.75, 3.05) is 11.9 Å². The number of rotatable bonds is 5. The molecule has 3 aliphatic rings. The summed E-state index contributed by atoms with van der Waals surface area (Å²) in [4.78, 5) is 39.5. The first-order valence-corrected chi connectivity index (χ1v) is 13.2. The molecule has 5 rings (SSSR count). The molecule has 6 nitrogen and oxygen atoms in total. The lowest BCUT2D eigenvalue weighted by Crippen LogP contribution is -2.37. The molecule has 2 aliphatic carbocycles. The van der Waals surface area contributed by atoms with E-state index in [0.29, 0.717) is 59.8 Å². The van der Waals surface area contributed by atoms with Crippen LogP contribution in [0.1, 0.15) is 70.4 Å². The third-order valence-corrected chi connectivity index (χ3v) is 7.45. The molecule has 1 heterocycles. The van der Waals surface area contributed by atoms with Crippen LogP contribution in [0.4, 0.5) is 5.69 Å². The van der Waals surface area contributed by atoms with Crippen molar-refractivity contribution in [1.29, 1.82) is 0 Å². The number of nitrogens with one attached hydrogen (secondary N) is 1. The number of hydrogen-bond acceptors (Lipinski definition) is 5. The van der Waals surface area contributed by atoms with Gasteiger partial charge in [-0.25, -0.2) is 0 Å². The fraction of sp³-hybridized carbons (Fsp3) is 0.406. The smallest absolute Gasteiger partial charge is 0.262 e. The Labute approximate surface area is 224 Å². The minimum absolute atomic E-state index is 0.0225. The minimum Gasteiger partial charge on any atom is -0.484 e. The summed E-state index contributed by atoms with van der Waals surface area (Å²) in [7, 11) is 0. The number of allylic oxidation sites excluding steroid dienone is 4. The average molecular weight is 514 g/mol. The fourth-order valence-electron chi connectivity index (χ4n) is 5.86. The molecule has 2 aromatic rings. The maximum absolute atomic E-state index is 13.5. The molecule has 38 heavy (non-hydrogen) atoms. The van der Waals surface area contributed by atoms with Crippen molar-refractivity contribution in [2.24, 2.45) is 10.8 Å². The van der Waals surface area contributed by atoms with Gasteiger partial charge < -0.3 is 14.8 Å². The summed E-state index contributed by atoms with van der Waals surface area (Å²) in [6.45, 7) is 10.1. The Bertz CT molecular complexity index is 1340. The molecule has 198 valence electrons. The van der Waals surface area contributed by atoms with Gasteiger partial charge in [-0.15, -0.1) is 0 Å². The summed E-state index contributed by atoms with van der Waals surface area (Å²) < 4.78 is 12.2. The van der Waals surface area contributed by atoms with Crippen LogP contribution in [0, 0.1) is 17.8 Å². The summed E-state index contributed by atoms with van der Waals surface area (Å²) in [5.41, 5.74) is 3.33. The van der Waals surface area contributed by atoms with Crippen LogP contribution in [-0.4, -0.2) is 24.1 Å². The highest BCUT2D eigenvalue weighted by atomic mass is 16.5. The molecule has 1 aliphatic heterocycles. The third-order valence-electron chi connectivity index (χ3n) is 7.45. The molecule has 2 aromatic carbocycles. The number of carbonyl (C=O) groups excluding carboxylic acids is 3. The van der Waals surface area contributed by atoms with Crippen LogP contribution >= 0.6 is 0 Å². The number of hydrogen-bond donors (Lipinski definition) is 1. The first-order chi connectivity index (χ1) is 17.9. The fourth-order valence-corrected chi connectivity index (χ4v) is 5.86. The van der Waals surface area contributed by atoms with Crippen LogP contribution < -0.4 is 10.1 Å². The van der Waals surface area contributed by atoms with Gasteiger partial charge in [0.15, 0.2) is 18.2 Å². The van der Waals surface area contributed by atoms with Gasteiger partial charge in [-0.1, -0.05) is 52.0 Å². The predicted octanol–water partition coefficient (Wildman–Crippen LogP) is 6.41. The highest BCUT2D eigenvalue weighted by Gasteiger charge is 2.47. The van der Waals surface area contributed by atoms with E-state index in [9.17, 15) is 14.4 Å². The first-order valence-electron chi connectivity index (χ1n) is 13.2. The van der Waals surface area contributed by atoms with Crippen LogP contribution in [0.3, 0.4) is 0 Å². The second-order valence-electron chi connectivity index (χ2n) is 12.4. The first kappa shape index (κ1) is 26.0. The zero-order valence-electron chi connectivity index (χ0n) is 22.8. The highest BCUT2D eigenvalue weighted by Crippen LogP contribution is 2.53. The molecule has 1 amide bonds. The molecule has 0 fully saturated rings. The van der Waals surface area contributed by atoms with Gasteiger partial charge in [0.25, 0.3) is 5.91 Å². The zero-order valence-corrected chi connectivity index (χ0v) is 22.8. The van der Waals surface area contributed by atoms with Crippen LogP contribution in [0.25, 0.3) is 0 Å². The molecule has 0 radical (unpaired) electrons. The molecule has 0 aromatic heterocycles. The molecule has 0 spiro atoms. The molecule has 0 atom stereocenters. The Hall–Kier alpha value is -3.67. The Morgan fingerprint density at radius 3 is 2.11 bits per heavy atom. The van der Waals surface area contributed by atoms with E-state index >= 15 is 0 Å². The average Bonchev–Trinajstić information content (AvgIpc) is 2.80. The van der Waals surface area contributed by atoms with Crippen molar-refractivity contribution in [3.63, 3.8) is 0 Å². The molecule has 0 unspecified atom stereocenters. The molecule has 1 N–H and O–H groups in total. The quantitative estimate of drug-likeness (QED) is 0.499. The number of benzene rings is 2. The lowest BCUT2D eigenvalue weighted by molar-refractivity contribution is -0.120. The number of ketones is 2. The van der Waals surface area contributed by atoms with E-state index in [-0.39, 0.29) is 34.9 Å². The van der Waals surface area contributed by atoms with E-state index in [1.54, 1.807) is 6.07 Å². The Kier molecular flexibility index (Phi) is 6.54. The van der Waals surface area contributed by atoms with Gasteiger partial charge in [-0.2, -0.15) is 0 Å². The van der Waals surface area contributed by atoms with Gasteiger partial charge >= 0.3 is 0 Å². The predicted molar refractivity (Wildman–Crippen MR) is 146 cm³/mol. The summed E-state index contributed by atoms with van der Waals surface area (Å²) in [5, 5.41) is 2.85. The highest BCUT2D eigenvalue weighted by molar-refractivity contribution is 6.06. The van der Waals surface area contributed by atoms with Gasteiger partial charge in [0.1, 0.15) is 17.3 Å². The van der Waals surface area contributed by atoms with E-state index in [2.05, 4.69) is 33.0 Å². The minimum atomic E-state index is -0.495. The summed E-state index contributed by atoms with van der Waals surface area (Å²) >= 11 is 0. The van der Waals surface area contributed by atoms with Gasteiger partial charge in [-0.05, 0) is 53.1 Å². The number of amides is 1. The molecular formula is C32H35NO5. The number of anilines is 1. The maximum Gasteiger partial charge on any atom is 0.262 e. The summed E-state index contributed by atoms with van der Waals surface area (Å²) in [6, 6.07) is 15.0. The number of carbonyl (C=O) groups is 3. The van der Waals surface area contributed by atoms with Crippen molar-refractivity contribution in [3.05, 3.63) is 82.3 Å². The standard InChI is InChI=1S/C32H35NO5/c1-19-8-6-10-21(12-19)33-27(36)18-37-22-11-7-9-20(13-22)28-29-23(34)14-31(2,3)16-25(29)38-26-17-32(4,5)15-24(35)30(26)28/h6-13,28H,14-18H2,1-5H3,(H,33,36). The Morgan fingerprint density at radius 2 is 1.50 bits per heavy atom. The van der Waals surface area contributed by atoms with Gasteiger partial charge in [0.05, 0.1) is 0 Å². The van der Waals surface area contributed by atoms with Crippen molar-refractivity contribution in [2.45, 2.75) is 66.2 Å². The molecule has 6 heteroatoms. The molecule has 0 bridgehead atoms. The molecule has 0 saturated heterocycles. The monoisotopic (exact) mass is 513 g/mol. The van der Waals surface area contributed by atoms with E-state index in [1.807, 2.05) is 49.4 Å². The van der Waals surface area contributed by atoms with Crippen LogP contribution in [0.5, 0.6) is 5.75 Å². The number of ether oxygens (including phenoxy) is 2. The SMILES string of the molecule is Cc1cccc(NC(=O)COc2cccc(C3C4=C(CC(C)(C)CC4=O)OC4=C3C(=O)CC(C)(C)C4)c2)c1. The zero-order chi connectivity index (χ0) is 27.2. The van der Waals surface area contributed by atoms with Crippen LogP contribution in [-0.2, 0) is 19.1 Å². The Morgan fingerprint density at radius 1 is 0.895 bits per heavy atom. The number of aryl methyl sites for hydroxylation is 1. The molecule has 0 saturated carbocycles. The number of Topliss-reactive ketones (excluding diaryl/α,β-unsaturated/α-hetero) is 2. The Balaban J connectivity index is 1.45. The topological polar surface area (TPSA) is 81.7 Å². The van der Waals surface area contributed by atoms with Crippen molar-refractivity contribution in [1.82, 2.24) is 0 Å². The van der Waals surface area contributed by atoms with Gasteiger partial charge in [0, 0.05) is 48.4 Å². The third kappa shape index (κ3) is 5.31. The van der Waals surface area contributed by atoms with Crippen molar-refractivity contribution in [3.8, 4) is 5.75 Å². The second kappa shape index (κ2) is 9.57. The van der Waals surface area contributed by atoms with Crippen molar-refractivity contribution < 1.29 is 23.9 Å². The maximum atomic E-state index is 13.5.